The second-order valence-electron chi connectivity index (χ2n) is 24.2. The molecule has 3 unspecified atom stereocenters. The quantitative estimate of drug-likeness (QED) is 0.0222. The van der Waals surface area contributed by atoms with Crippen molar-refractivity contribution in [2.75, 3.05) is 39.6 Å². The van der Waals surface area contributed by atoms with E-state index in [9.17, 15) is 43.2 Å². The van der Waals surface area contributed by atoms with Gasteiger partial charge in [-0.1, -0.05) is 273 Å². The molecule has 0 amide bonds. The predicted octanol–water partition coefficient (Wildman–Crippen LogP) is 18.0. The van der Waals surface area contributed by atoms with Crippen LogP contribution in [0.2, 0.25) is 0 Å². The number of esters is 4. The summed E-state index contributed by atoms with van der Waals surface area (Å²) in [6.45, 7) is 9.39. The van der Waals surface area contributed by atoms with Crippen LogP contribution in [-0.4, -0.2) is 96.7 Å². The molecule has 0 rings (SSSR count). The van der Waals surface area contributed by atoms with Crippen LogP contribution in [0.3, 0.4) is 0 Å². The number of unbranched alkanes of at least 4 members (excludes halogenated alkanes) is 33. The number of carbonyl (C=O) groups excluding carboxylic acids is 4. The molecule has 0 aliphatic heterocycles. The van der Waals surface area contributed by atoms with Crippen molar-refractivity contribution in [2.45, 2.75) is 342 Å². The predicted molar refractivity (Wildman–Crippen MR) is 335 cm³/mol. The van der Waals surface area contributed by atoms with Gasteiger partial charge in [-0.2, -0.15) is 0 Å². The van der Waals surface area contributed by atoms with Gasteiger partial charge in [0.15, 0.2) is 12.2 Å². The van der Waals surface area contributed by atoms with Gasteiger partial charge in [0, 0.05) is 25.7 Å². The first kappa shape index (κ1) is 82.1. The summed E-state index contributed by atoms with van der Waals surface area (Å²) < 4.78 is 68.0. The molecule has 0 aliphatic rings. The topological polar surface area (TPSA) is 237 Å². The molecule has 0 aromatic heterocycles. The summed E-state index contributed by atoms with van der Waals surface area (Å²) in [6, 6.07) is 0. The summed E-state index contributed by atoms with van der Waals surface area (Å²) in [5.41, 5.74) is 0. The van der Waals surface area contributed by atoms with E-state index in [4.69, 9.17) is 37.0 Å². The van der Waals surface area contributed by atoms with Gasteiger partial charge in [0.25, 0.3) is 0 Å². The Morgan fingerprint density at radius 3 is 0.905 bits per heavy atom. The number of hydrogen-bond donors (Lipinski definition) is 3. The molecule has 6 atom stereocenters. The maximum absolute atomic E-state index is 13.0. The van der Waals surface area contributed by atoms with Crippen LogP contribution in [0.5, 0.6) is 0 Å². The number of aliphatic hydroxyl groups excluding tert-OH is 1. The van der Waals surface area contributed by atoms with E-state index in [1.54, 1.807) is 0 Å². The molecule has 0 aliphatic carbocycles. The molecule has 0 fully saturated rings. The fraction of sp³-hybridized carbons (Fsp3) is 0.938. The molecule has 0 saturated heterocycles. The van der Waals surface area contributed by atoms with E-state index in [2.05, 4.69) is 41.5 Å². The summed E-state index contributed by atoms with van der Waals surface area (Å²) in [4.78, 5) is 72.2. The van der Waals surface area contributed by atoms with Crippen LogP contribution in [-0.2, 0) is 65.4 Å². The minimum absolute atomic E-state index is 0.102. The molecule has 17 nitrogen and oxygen atoms in total. The Balaban J connectivity index is 5.22. The van der Waals surface area contributed by atoms with Crippen LogP contribution in [0.4, 0.5) is 0 Å². The number of aliphatic hydroxyl groups is 1. The third-order valence-electron chi connectivity index (χ3n) is 15.3. The maximum atomic E-state index is 13.0. The van der Waals surface area contributed by atoms with Gasteiger partial charge in [-0.3, -0.25) is 37.3 Å². The van der Waals surface area contributed by atoms with Gasteiger partial charge in [0.1, 0.15) is 19.3 Å². The third kappa shape index (κ3) is 57.8. The van der Waals surface area contributed by atoms with Crippen LogP contribution in [0.15, 0.2) is 0 Å². The fourth-order valence-electron chi connectivity index (χ4n) is 9.68. The first-order valence-corrected chi connectivity index (χ1v) is 37.0. The molecule has 0 heterocycles. The van der Waals surface area contributed by atoms with Crippen LogP contribution >= 0.6 is 15.6 Å². The summed E-state index contributed by atoms with van der Waals surface area (Å²) in [5.74, 6) is -0.690. The molecule has 0 aromatic carbocycles. The van der Waals surface area contributed by atoms with Gasteiger partial charge in [-0.05, 0) is 37.5 Å². The minimum atomic E-state index is -4.95. The lowest BCUT2D eigenvalue weighted by Gasteiger charge is -2.21. The zero-order chi connectivity index (χ0) is 62.2. The highest BCUT2D eigenvalue weighted by Gasteiger charge is 2.30. The summed E-state index contributed by atoms with van der Waals surface area (Å²) in [6.07, 6.45) is 40.5. The Hall–Kier alpha value is -1.94. The van der Waals surface area contributed by atoms with Gasteiger partial charge in [0.2, 0.25) is 0 Å². The van der Waals surface area contributed by atoms with E-state index in [1.165, 1.54) is 135 Å². The van der Waals surface area contributed by atoms with Crippen molar-refractivity contribution in [2.24, 2.45) is 11.8 Å². The highest BCUT2D eigenvalue weighted by molar-refractivity contribution is 7.47. The smallest absolute Gasteiger partial charge is 0.462 e. The van der Waals surface area contributed by atoms with E-state index >= 15 is 0 Å². The molecule has 0 aromatic rings. The van der Waals surface area contributed by atoms with Crippen molar-refractivity contribution < 1.29 is 80.2 Å². The van der Waals surface area contributed by atoms with Crippen molar-refractivity contribution in [3.05, 3.63) is 0 Å². The first-order valence-electron chi connectivity index (χ1n) is 34.0. The van der Waals surface area contributed by atoms with Gasteiger partial charge < -0.3 is 33.8 Å². The Morgan fingerprint density at radius 1 is 0.345 bits per heavy atom. The molecule has 3 N–H and O–H groups in total. The zero-order valence-electron chi connectivity index (χ0n) is 54.2. The van der Waals surface area contributed by atoms with Gasteiger partial charge in [-0.15, -0.1) is 0 Å². The molecule has 0 radical (unpaired) electrons. The molecular formula is C65H126O17P2. The molecule has 19 heteroatoms. The molecule has 0 bridgehead atoms. The van der Waals surface area contributed by atoms with Crippen LogP contribution in [0.1, 0.15) is 324 Å². The van der Waals surface area contributed by atoms with E-state index in [0.29, 0.717) is 31.6 Å². The van der Waals surface area contributed by atoms with Crippen molar-refractivity contribution in [3.8, 4) is 0 Å². The lowest BCUT2D eigenvalue weighted by Crippen LogP contribution is -2.30. The van der Waals surface area contributed by atoms with Crippen molar-refractivity contribution in [3.63, 3.8) is 0 Å². The Kier molecular flexibility index (Phi) is 56.2. The number of carbonyl (C=O) groups is 4. The summed E-state index contributed by atoms with van der Waals surface area (Å²) in [5, 5.41) is 10.5. The second kappa shape index (κ2) is 57.5. The average molecular weight is 1240 g/mol. The second-order valence-corrected chi connectivity index (χ2v) is 27.1. The lowest BCUT2D eigenvalue weighted by molar-refractivity contribution is -0.161. The SMILES string of the molecule is CCCCCCCCCCCCCCCCCC(=O)O[C@H](COC(=O)CCCCCCCCCCC(C)CC)COP(=O)(O)OC[C@@H](O)COP(=O)(O)OC[C@@H](COC(=O)CCCCCCCCCC)OC(=O)CCCCCCCCC(C)C. The maximum Gasteiger partial charge on any atom is 0.472 e. The van der Waals surface area contributed by atoms with Crippen molar-refractivity contribution in [1.29, 1.82) is 0 Å². The van der Waals surface area contributed by atoms with Crippen LogP contribution in [0, 0.1) is 11.8 Å². The highest BCUT2D eigenvalue weighted by atomic mass is 31.2. The van der Waals surface area contributed by atoms with Gasteiger partial charge >= 0.3 is 39.5 Å². The van der Waals surface area contributed by atoms with Crippen LogP contribution < -0.4 is 0 Å². The molecule has 498 valence electrons. The largest absolute Gasteiger partial charge is 0.472 e. The monoisotopic (exact) mass is 1240 g/mol. The minimum Gasteiger partial charge on any atom is -0.462 e. The number of phosphoric acid groups is 2. The van der Waals surface area contributed by atoms with Crippen LogP contribution in [0.25, 0.3) is 0 Å². The third-order valence-corrected chi connectivity index (χ3v) is 17.2. The van der Waals surface area contributed by atoms with E-state index in [0.717, 1.165) is 102 Å². The number of rotatable bonds is 64. The normalized spacial score (nSPS) is 14.6. The lowest BCUT2D eigenvalue weighted by atomic mass is 9.99. The number of hydrogen-bond acceptors (Lipinski definition) is 15. The summed E-state index contributed by atoms with van der Waals surface area (Å²) in [7, 11) is -9.89. The Bertz CT molecular complexity index is 1650. The standard InChI is InChI=1S/C65H126O17P2/c1-7-10-12-14-16-18-19-20-21-22-23-24-30-37-43-49-64(69)81-60(53-76-63(68)48-42-36-29-26-25-27-34-40-46-58(6)9-3)55-79-83(71,72)77-51-59(66)52-78-84(73,74)80-56-61(54-75-62(67)47-41-35-28-17-15-13-11-8-2)82-65(70)50-44-38-32-31-33-39-45-57(4)5/h57-61,66H,7-56H2,1-6H3,(H,71,72)(H,73,74)/t58?,59-,60-,61-/m1/s1. The van der Waals surface area contributed by atoms with Gasteiger partial charge in [0.05, 0.1) is 26.4 Å². The molecule has 84 heavy (non-hydrogen) atoms. The first-order chi connectivity index (χ1) is 40.4. The molecule has 0 spiro atoms. The highest BCUT2D eigenvalue weighted by Crippen LogP contribution is 2.45. The average Bonchev–Trinajstić information content (AvgIpc) is 3.61. The van der Waals surface area contributed by atoms with E-state index in [-0.39, 0.29) is 25.7 Å². The Morgan fingerprint density at radius 2 is 0.607 bits per heavy atom. The zero-order valence-corrected chi connectivity index (χ0v) is 56.0. The Labute approximate surface area is 511 Å². The number of ether oxygens (including phenoxy) is 4. The van der Waals surface area contributed by atoms with E-state index < -0.39 is 97.5 Å². The van der Waals surface area contributed by atoms with Gasteiger partial charge in [-0.25, -0.2) is 9.13 Å². The van der Waals surface area contributed by atoms with Crippen molar-refractivity contribution in [1.82, 2.24) is 0 Å². The van der Waals surface area contributed by atoms with Crippen molar-refractivity contribution >= 4 is 39.5 Å². The van der Waals surface area contributed by atoms with E-state index in [1.807, 2.05) is 0 Å². The molecular weight excluding hydrogens is 1110 g/mol. The summed E-state index contributed by atoms with van der Waals surface area (Å²) >= 11 is 0. The fourth-order valence-corrected chi connectivity index (χ4v) is 11.3. The molecule has 0 saturated carbocycles. The number of phosphoric ester groups is 2.